The van der Waals surface area contributed by atoms with Crippen molar-refractivity contribution in [2.24, 2.45) is 0 Å². The number of hydrogen-bond donors (Lipinski definition) is 0. The summed E-state index contributed by atoms with van der Waals surface area (Å²) in [6, 6.07) is 68.7. The van der Waals surface area contributed by atoms with Crippen LogP contribution in [-0.2, 0) is 0 Å². The molecule has 3 heterocycles. The van der Waals surface area contributed by atoms with Gasteiger partial charge in [0.25, 0.3) is 0 Å². The van der Waals surface area contributed by atoms with Crippen LogP contribution in [0.4, 0.5) is 0 Å². The second-order valence-electron chi connectivity index (χ2n) is 14.0. The first-order valence-electron chi connectivity index (χ1n) is 18.3. The van der Waals surface area contributed by atoms with Crippen LogP contribution < -0.4 is 0 Å². The van der Waals surface area contributed by atoms with E-state index in [1.807, 2.05) is 0 Å². The third-order valence-corrected chi connectivity index (χ3v) is 11.3. The van der Waals surface area contributed by atoms with E-state index in [0.29, 0.717) is 0 Å². The molecular formula is C50H31N3. The van der Waals surface area contributed by atoms with Crippen molar-refractivity contribution in [1.82, 2.24) is 13.7 Å². The summed E-state index contributed by atoms with van der Waals surface area (Å²) >= 11 is 0. The molecule has 0 atom stereocenters. The lowest BCUT2D eigenvalue weighted by Crippen LogP contribution is -1.97. The van der Waals surface area contributed by atoms with E-state index in [9.17, 15) is 0 Å². The summed E-state index contributed by atoms with van der Waals surface area (Å²) in [6.07, 6.45) is 0. The Kier molecular flexibility index (Phi) is 5.77. The Morgan fingerprint density at radius 3 is 0.906 bits per heavy atom. The monoisotopic (exact) mass is 673 g/mol. The minimum absolute atomic E-state index is 1.15. The summed E-state index contributed by atoms with van der Waals surface area (Å²) in [5.74, 6) is 0. The second-order valence-corrected chi connectivity index (χ2v) is 14.0. The van der Waals surface area contributed by atoms with Gasteiger partial charge in [-0.2, -0.15) is 0 Å². The average Bonchev–Trinajstić information content (AvgIpc) is 3.89. The van der Waals surface area contributed by atoms with Crippen LogP contribution in [0.1, 0.15) is 0 Å². The van der Waals surface area contributed by atoms with Gasteiger partial charge in [0.2, 0.25) is 0 Å². The van der Waals surface area contributed by atoms with Crippen LogP contribution in [0.25, 0.3) is 104 Å². The van der Waals surface area contributed by atoms with E-state index in [1.165, 1.54) is 87.0 Å². The van der Waals surface area contributed by atoms with Crippen molar-refractivity contribution < 1.29 is 0 Å². The molecule has 53 heavy (non-hydrogen) atoms. The van der Waals surface area contributed by atoms with E-state index in [-0.39, 0.29) is 0 Å². The highest BCUT2D eigenvalue weighted by Crippen LogP contribution is 2.52. The maximum atomic E-state index is 2.60. The molecule has 12 aromatic rings. The topological polar surface area (TPSA) is 14.8 Å². The Morgan fingerprint density at radius 1 is 0.208 bits per heavy atom. The van der Waals surface area contributed by atoms with Gasteiger partial charge in [0, 0.05) is 60.2 Å². The predicted molar refractivity (Wildman–Crippen MR) is 224 cm³/mol. The predicted octanol–water partition coefficient (Wildman–Crippen LogP) is 13.3. The van der Waals surface area contributed by atoms with Gasteiger partial charge in [-0.3, -0.25) is 0 Å². The molecule has 0 aliphatic rings. The van der Waals surface area contributed by atoms with E-state index in [2.05, 4.69) is 202 Å². The third kappa shape index (κ3) is 3.73. The first kappa shape index (κ1) is 28.6. The maximum Gasteiger partial charge on any atom is 0.0648 e. The van der Waals surface area contributed by atoms with Crippen molar-refractivity contribution in [3.05, 3.63) is 188 Å². The fourth-order valence-electron chi connectivity index (χ4n) is 9.38. The third-order valence-electron chi connectivity index (χ3n) is 11.3. The van der Waals surface area contributed by atoms with Gasteiger partial charge in [-0.25, -0.2) is 0 Å². The van der Waals surface area contributed by atoms with Crippen LogP contribution >= 0.6 is 0 Å². The zero-order valence-electron chi connectivity index (χ0n) is 28.7. The van der Waals surface area contributed by atoms with Crippen LogP contribution in [0.3, 0.4) is 0 Å². The van der Waals surface area contributed by atoms with Crippen LogP contribution in [0.2, 0.25) is 0 Å². The molecule has 0 aliphatic carbocycles. The number of rotatable bonds is 3. The minimum atomic E-state index is 1.15. The summed E-state index contributed by atoms with van der Waals surface area (Å²) < 4.78 is 7.56. The van der Waals surface area contributed by atoms with Crippen molar-refractivity contribution in [2.45, 2.75) is 0 Å². The summed E-state index contributed by atoms with van der Waals surface area (Å²) in [6.45, 7) is 0. The fourth-order valence-corrected chi connectivity index (χ4v) is 9.38. The van der Waals surface area contributed by atoms with Crippen molar-refractivity contribution in [3.63, 3.8) is 0 Å². The molecule has 0 unspecified atom stereocenters. The standard InChI is InChI=1S/C50H31N3/c1-4-18-32(19-5-1)51-41-30-16-14-28-39(41)45-47(51)37-26-12-10-24-35(37)43-44-36-25-11-13-27-38(36)48-46(50(44)53(49(43)45)34-22-8-3-9-23-34)40-29-15-17-31-42(40)52(48)33-20-6-2-7-21-33/h1-31H. The number of fused-ring (bicyclic) bond motifs is 17. The Bertz CT molecular complexity index is 3210. The number of para-hydroxylation sites is 5. The molecule has 9 aromatic carbocycles. The minimum Gasteiger partial charge on any atom is -0.309 e. The summed E-state index contributed by atoms with van der Waals surface area (Å²) in [4.78, 5) is 0. The molecule has 0 amide bonds. The molecule has 0 bridgehead atoms. The largest absolute Gasteiger partial charge is 0.309 e. The molecule has 0 fully saturated rings. The van der Waals surface area contributed by atoms with Gasteiger partial charge >= 0.3 is 0 Å². The zero-order valence-corrected chi connectivity index (χ0v) is 28.7. The smallest absolute Gasteiger partial charge is 0.0648 e. The van der Waals surface area contributed by atoms with Gasteiger partial charge < -0.3 is 13.7 Å². The lowest BCUT2D eigenvalue weighted by atomic mass is 9.95. The van der Waals surface area contributed by atoms with Crippen LogP contribution in [0.5, 0.6) is 0 Å². The molecule has 0 radical (unpaired) electrons. The van der Waals surface area contributed by atoms with Gasteiger partial charge in [-0.15, -0.1) is 0 Å². The number of nitrogens with zero attached hydrogens (tertiary/aromatic N) is 3. The van der Waals surface area contributed by atoms with Crippen LogP contribution in [-0.4, -0.2) is 13.7 Å². The van der Waals surface area contributed by atoms with Gasteiger partial charge in [-0.05, 0) is 59.3 Å². The van der Waals surface area contributed by atoms with E-state index >= 15 is 0 Å². The van der Waals surface area contributed by atoms with E-state index in [0.717, 1.165) is 17.1 Å². The maximum absolute atomic E-state index is 2.60. The molecule has 12 rings (SSSR count). The Morgan fingerprint density at radius 2 is 0.509 bits per heavy atom. The molecule has 0 aliphatic heterocycles. The molecule has 0 saturated carbocycles. The van der Waals surface area contributed by atoms with E-state index in [1.54, 1.807) is 0 Å². The summed E-state index contributed by atoms with van der Waals surface area (Å²) in [5, 5.41) is 12.6. The second kappa shape index (κ2) is 10.7. The molecule has 0 spiro atoms. The Labute approximate surface area is 304 Å². The summed E-state index contributed by atoms with van der Waals surface area (Å²) in [5.41, 5.74) is 10.8. The first-order valence-corrected chi connectivity index (χ1v) is 18.3. The number of aromatic nitrogens is 3. The normalized spacial score (nSPS) is 12.2. The van der Waals surface area contributed by atoms with Gasteiger partial charge in [0.05, 0.1) is 33.1 Å². The Balaban J connectivity index is 1.48. The number of hydrogen-bond acceptors (Lipinski definition) is 0. The van der Waals surface area contributed by atoms with Gasteiger partial charge in [-0.1, -0.05) is 140 Å². The lowest BCUT2D eigenvalue weighted by molar-refractivity contribution is 1.18. The molecule has 0 saturated heterocycles. The highest BCUT2D eigenvalue weighted by molar-refractivity contribution is 6.44. The average molecular weight is 674 g/mol. The molecular weight excluding hydrogens is 643 g/mol. The molecule has 3 aromatic heterocycles. The SMILES string of the molecule is c1ccc(-n2c3ccccc3c3c2c2ccccc2c2c4c5ccccc5c5c(c6ccccc6n5-c5ccccc5)c4n(-c4ccccc4)c23)cc1. The molecule has 246 valence electrons. The first-order chi connectivity index (χ1) is 26.4. The van der Waals surface area contributed by atoms with Crippen LogP contribution in [0, 0.1) is 0 Å². The molecule has 0 N–H and O–H groups in total. The van der Waals surface area contributed by atoms with Gasteiger partial charge in [0.15, 0.2) is 0 Å². The van der Waals surface area contributed by atoms with E-state index in [4.69, 9.17) is 0 Å². The van der Waals surface area contributed by atoms with Crippen molar-refractivity contribution in [1.29, 1.82) is 0 Å². The van der Waals surface area contributed by atoms with Crippen LogP contribution in [0.15, 0.2) is 188 Å². The van der Waals surface area contributed by atoms with Crippen molar-refractivity contribution in [3.8, 4) is 17.1 Å². The molecule has 3 nitrogen and oxygen atoms in total. The summed E-state index contributed by atoms with van der Waals surface area (Å²) in [7, 11) is 0. The fraction of sp³-hybridized carbons (Fsp3) is 0. The Hall–Kier alpha value is -7.10. The number of benzene rings is 9. The highest BCUT2D eigenvalue weighted by Gasteiger charge is 2.29. The zero-order chi connectivity index (χ0) is 34.6. The lowest BCUT2D eigenvalue weighted by Gasteiger charge is -2.13. The quantitative estimate of drug-likeness (QED) is 0.177. The molecule has 3 heteroatoms. The highest BCUT2D eigenvalue weighted by atomic mass is 15.0. The van der Waals surface area contributed by atoms with Gasteiger partial charge in [0.1, 0.15) is 0 Å². The van der Waals surface area contributed by atoms with Crippen molar-refractivity contribution in [2.75, 3.05) is 0 Å². The van der Waals surface area contributed by atoms with E-state index < -0.39 is 0 Å². The van der Waals surface area contributed by atoms with Crippen molar-refractivity contribution >= 4 is 87.0 Å².